The number of carbonyl (C=O) groups excluding carboxylic acids is 1. The van der Waals surface area contributed by atoms with Crippen LogP contribution in [0.1, 0.15) is 16.1 Å². The Labute approximate surface area is 164 Å². The molecule has 0 aliphatic rings. The van der Waals surface area contributed by atoms with Crippen molar-refractivity contribution in [3.05, 3.63) is 91.8 Å². The number of hydrogen-bond donors (Lipinski definition) is 0. The standard InChI is InChI=1S/C19H10BrF4NO3/c20-17-16(28-9-10-4-5-11(21)6-15(10)24)7-12(8-26)25(19(17)27)18-13(22)2-1-3-14(18)23/h1-8H,9H2. The molecule has 3 aromatic rings. The fourth-order valence-electron chi connectivity index (χ4n) is 2.50. The van der Waals surface area contributed by atoms with Gasteiger partial charge in [-0.25, -0.2) is 17.6 Å². The molecular weight excluding hydrogens is 446 g/mol. The molecule has 144 valence electrons. The quantitative estimate of drug-likeness (QED) is 0.418. The summed E-state index contributed by atoms with van der Waals surface area (Å²) in [6.07, 6.45) is 0.227. The highest BCUT2D eigenvalue weighted by Gasteiger charge is 2.20. The van der Waals surface area contributed by atoms with E-state index in [0.29, 0.717) is 10.6 Å². The smallest absolute Gasteiger partial charge is 0.273 e. The lowest BCUT2D eigenvalue weighted by molar-refractivity contribution is 0.111. The van der Waals surface area contributed by atoms with Gasteiger partial charge in [0, 0.05) is 17.7 Å². The summed E-state index contributed by atoms with van der Waals surface area (Å²) in [5.74, 6) is -3.85. The predicted molar refractivity (Wildman–Crippen MR) is 95.7 cm³/mol. The predicted octanol–water partition coefficient (Wildman–Crippen LogP) is 4.55. The number of halogens is 5. The van der Waals surface area contributed by atoms with Crippen molar-refractivity contribution in [3.8, 4) is 11.4 Å². The Balaban J connectivity index is 2.05. The fraction of sp³-hybridized carbons (Fsp3) is 0.0526. The Kier molecular flexibility index (Phi) is 5.64. The van der Waals surface area contributed by atoms with Crippen LogP contribution in [0.25, 0.3) is 5.69 Å². The molecular formula is C19H10BrF4NO3. The third-order valence-corrected chi connectivity index (χ3v) is 4.55. The van der Waals surface area contributed by atoms with Crippen LogP contribution in [-0.2, 0) is 6.61 Å². The molecule has 4 nitrogen and oxygen atoms in total. The van der Waals surface area contributed by atoms with Gasteiger partial charge in [-0.15, -0.1) is 0 Å². The van der Waals surface area contributed by atoms with Crippen LogP contribution in [0.2, 0.25) is 0 Å². The van der Waals surface area contributed by atoms with Crippen LogP contribution in [-0.4, -0.2) is 10.9 Å². The van der Waals surface area contributed by atoms with Crippen molar-refractivity contribution >= 4 is 22.2 Å². The molecule has 2 aromatic carbocycles. The minimum Gasteiger partial charge on any atom is -0.487 e. The lowest BCUT2D eigenvalue weighted by Gasteiger charge is -2.15. The number of carbonyl (C=O) groups is 1. The lowest BCUT2D eigenvalue weighted by atomic mass is 10.2. The van der Waals surface area contributed by atoms with Crippen LogP contribution in [0.3, 0.4) is 0 Å². The number of nitrogens with zero attached hydrogens (tertiary/aromatic N) is 1. The molecule has 0 atom stereocenters. The number of para-hydroxylation sites is 1. The van der Waals surface area contributed by atoms with Gasteiger partial charge in [0.25, 0.3) is 5.56 Å². The molecule has 9 heteroatoms. The Morgan fingerprint density at radius 2 is 1.68 bits per heavy atom. The van der Waals surface area contributed by atoms with Gasteiger partial charge in [-0.3, -0.25) is 14.2 Å². The van der Waals surface area contributed by atoms with Crippen LogP contribution in [0.15, 0.2) is 51.7 Å². The Bertz CT molecular complexity index is 1110. The van der Waals surface area contributed by atoms with E-state index < -0.39 is 34.5 Å². The topological polar surface area (TPSA) is 48.3 Å². The van der Waals surface area contributed by atoms with Crippen LogP contribution in [0.5, 0.6) is 5.75 Å². The number of benzene rings is 2. The van der Waals surface area contributed by atoms with Gasteiger partial charge >= 0.3 is 0 Å². The van der Waals surface area contributed by atoms with Gasteiger partial charge in [0.05, 0.1) is 5.69 Å². The van der Waals surface area contributed by atoms with Crippen LogP contribution in [0.4, 0.5) is 17.6 Å². The zero-order valence-corrected chi connectivity index (χ0v) is 15.5. The maximum Gasteiger partial charge on any atom is 0.273 e. The van der Waals surface area contributed by atoms with Crippen molar-refractivity contribution in [2.24, 2.45) is 0 Å². The summed E-state index contributed by atoms with van der Waals surface area (Å²) in [5, 5.41) is 0. The Morgan fingerprint density at radius 1 is 1.00 bits per heavy atom. The van der Waals surface area contributed by atoms with E-state index in [2.05, 4.69) is 15.9 Å². The van der Waals surface area contributed by atoms with E-state index in [0.717, 1.165) is 36.4 Å². The zero-order chi connectivity index (χ0) is 20.4. The third-order valence-electron chi connectivity index (χ3n) is 3.82. The number of pyridine rings is 1. The highest BCUT2D eigenvalue weighted by Crippen LogP contribution is 2.26. The van der Waals surface area contributed by atoms with Gasteiger partial charge in [0.15, 0.2) is 6.29 Å². The van der Waals surface area contributed by atoms with E-state index in [-0.39, 0.29) is 34.4 Å². The van der Waals surface area contributed by atoms with Gasteiger partial charge in [-0.2, -0.15) is 0 Å². The fourth-order valence-corrected chi connectivity index (χ4v) is 2.91. The van der Waals surface area contributed by atoms with Crippen molar-refractivity contribution in [2.45, 2.75) is 6.61 Å². The van der Waals surface area contributed by atoms with Crippen molar-refractivity contribution in [2.75, 3.05) is 0 Å². The summed E-state index contributed by atoms with van der Waals surface area (Å²) in [4.78, 5) is 24.0. The lowest BCUT2D eigenvalue weighted by Crippen LogP contribution is -2.25. The first kappa shape index (κ1) is 19.8. The second kappa shape index (κ2) is 7.97. The minimum atomic E-state index is -1.04. The molecule has 0 aliphatic heterocycles. The second-order valence-corrected chi connectivity index (χ2v) is 6.39. The number of ether oxygens (including phenoxy) is 1. The number of rotatable bonds is 5. The largest absolute Gasteiger partial charge is 0.487 e. The van der Waals surface area contributed by atoms with Gasteiger partial charge in [-0.1, -0.05) is 6.07 Å². The maximum absolute atomic E-state index is 14.1. The molecule has 0 saturated heterocycles. The number of hydrogen-bond acceptors (Lipinski definition) is 3. The van der Waals surface area contributed by atoms with E-state index >= 15 is 0 Å². The Hall–Kier alpha value is -2.94. The van der Waals surface area contributed by atoms with Crippen molar-refractivity contribution < 1.29 is 27.1 Å². The van der Waals surface area contributed by atoms with E-state index in [9.17, 15) is 27.2 Å². The third kappa shape index (κ3) is 3.70. The zero-order valence-electron chi connectivity index (χ0n) is 13.9. The van der Waals surface area contributed by atoms with Crippen LogP contribution in [0, 0.1) is 23.3 Å². The summed E-state index contributed by atoms with van der Waals surface area (Å²) < 4.78 is 60.5. The highest BCUT2D eigenvalue weighted by molar-refractivity contribution is 9.10. The molecule has 0 saturated carbocycles. The molecule has 0 fully saturated rings. The second-order valence-electron chi connectivity index (χ2n) is 5.60. The van der Waals surface area contributed by atoms with Crippen molar-refractivity contribution in [1.29, 1.82) is 0 Å². The summed E-state index contributed by atoms with van der Waals surface area (Å²) in [5.41, 5.74) is -2.05. The number of aldehydes is 1. The maximum atomic E-state index is 14.1. The normalized spacial score (nSPS) is 10.8. The first-order chi connectivity index (χ1) is 13.3. The van der Waals surface area contributed by atoms with Gasteiger partial charge in [0.2, 0.25) is 0 Å². The molecule has 0 bridgehead atoms. The first-order valence-corrected chi connectivity index (χ1v) is 8.54. The van der Waals surface area contributed by atoms with Gasteiger partial charge in [0.1, 0.15) is 45.8 Å². The molecule has 3 rings (SSSR count). The molecule has 0 amide bonds. The molecule has 0 aliphatic carbocycles. The van der Waals surface area contributed by atoms with Gasteiger partial charge in [-0.05, 0) is 40.2 Å². The van der Waals surface area contributed by atoms with Crippen molar-refractivity contribution in [3.63, 3.8) is 0 Å². The molecule has 0 spiro atoms. The van der Waals surface area contributed by atoms with E-state index in [1.807, 2.05) is 0 Å². The summed E-state index contributed by atoms with van der Waals surface area (Å²) in [6, 6.07) is 6.94. The SMILES string of the molecule is O=Cc1cc(OCc2ccc(F)cc2F)c(Br)c(=O)n1-c1c(F)cccc1F. The average Bonchev–Trinajstić information content (AvgIpc) is 2.65. The molecule has 0 unspecified atom stereocenters. The van der Waals surface area contributed by atoms with E-state index in [1.165, 1.54) is 0 Å². The first-order valence-electron chi connectivity index (χ1n) is 7.75. The van der Waals surface area contributed by atoms with E-state index in [1.54, 1.807) is 0 Å². The average molecular weight is 456 g/mol. The van der Waals surface area contributed by atoms with Gasteiger partial charge < -0.3 is 4.74 Å². The van der Waals surface area contributed by atoms with Crippen molar-refractivity contribution in [1.82, 2.24) is 4.57 Å². The molecule has 1 heterocycles. The van der Waals surface area contributed by atoms with Crippen LogP contribution < -0.4 is 10.3 Å². The van der Waals surface area contributed by atoms with Crippen LogP contribution >= 0.6 is 15.9 Å². The summed E-state index contributed by atoms with van der Waals surface area (Å²) in [6.45, 7) is -0.374. The molecule has 1 aromatic heterocycles. The molecule has 0 radical (unpaired) electrons. The highest BCUT2D eigenvalue weighted by atomic mass is 79.9. The number of aromatic nitrogens is 1. The summed E-state index contributed by atoms with van der Waals surface area (Å²) >= 11 is 2.97. The monoisotopic (exact) mass is 455 g/mol. The Morgan fingerprint density at radius 3 is 2.29 bits per heavy atom. The summed E-state index contributed by atoms with van der Waals surface area (Å²) in [7, 11) is 0. The molecule has 28 heavy (non-hydrogen) atoms. The van der Waals surface area contributed by atoms with E-state index in [4.69, 9.17) is 4.74 Å². The minimum absolute atomic E-state index is 0.00489. The molecule has 0 N–H and O–H groups in total.